The Labute approximate surface area is 140 Å². The van der Waals surface area contributed by atoms with Gasteiger partial charge in [-0.3, -0.25) is 9.98 Å². The molecule has 5 heteroatoms. The van der Waals surface area contributed by atoms with Gasteiger partial charge in [-0.1, -0.05) is 36.9 Å². The van der Waals surface area contributed by atoms with Gasteiger partial charge in [0.25, 0.3) is 0 Å². The molecular formula is C18H19N3OS. The van der Waals surface area contributed by atoms with Crippen LogP contribution in [-0.4, -0.2) is 32.0 Å². The van der Waals surface area contributed by atoms with E-state index in [-0.39, 0.29) is 12.1 Å². The van der Waals surface area contributed by atoms with Gasteiger partial charge in [-0.2, -0.15) is 0 Å². The van der Waals surface area contributed by atoms with E-state index in [2.05, 4.69) is 22.9 Å². The fraction of sp³-hybridized carbons (Fsp3) is 0.333. The lowest BCUT2D eigenvalue weighted by Crippen LogP contribution is -2.35. The van der Waals surface area contributed by atoms with Gasteiger partial charge in [0.15, 0.2) is 5.17 Å². The molecule has 2 aliphatic heterocycles. The molecular weight excluding hydrogens is 306 g/mol. The van der Waals surface area contributed by atoms with Crippen LogP contribution in [0.5, 0.6) is 5.75 Å². The van der Waals surface area contributed by atoms with E-state index in [9.17, 15) is 5.11 Å². The Morgan fingerprint density at radius 1 is 1.26 bits per heavy atom. The molecule has 118 valence electrons. The first-order valence-electron chi connectivity index (χ1n) is 7.96. The molecule has 0 spiro atoms. The maximum atomic E-state index is 9.92. The summed E-state index contributed by atoms with van der Waals surface area (Å²) in [6.45, 7) is 2.22. The van der Waals surface area contributed by atoms with Gasteiger partial charge in [0, 0.05) is 18.0 Å². The number of aliphatic imine (C=N–C) groups is 1. The highest BCUT2D eigenvalue weighted by Crippen LogP contribution is 2.48. The number of fused-ring (bicyclic) bond motifs is 1. The zero-order chi connectivity index (χ0) is 15.8. The van der Waals surface area contributed by atoms with Crippen molar-refractivity contribution in [1.29, 1.82) is 0 Å². The number of pyridine rings is 1. The number of aromatic hydroxyl groups is 1. The lowest BCUT2D eigenvalue weighted by atomic mass is 9.95. The summed E-state index contributed by atoms with van der Waals surface area (Å²) in [5.41, 5.74) is 2.08. The van der Waals surface area contributed by atoms with Crippen molar-refractivity contribution >= 4 is 16.9 Å². The molecule has 3 atom stereocenters. The SMILES string of the molecule is CCC1CSC2=NC(c3ccccn3)C(c3cccc(O)c3)N21. The van der Waals surface area contributed by atoms with Crippen LogP contribution in [0.15, 0.2) is 53.7 Å². The van der Waals surface area contributed by atoms with Crippen molar-refractivity contribution in [3.05, 3.63) is 59.9 Å². The molecule has 0 aliphatic carbocycles. The Morgan fingerprint density at radius 2 is 2.17 bits per heavy atom. The highest BCUT2D eigenvalue weighted by atomic mass is 32.2. The number of hydrogen-bond donors (Lipinski definition) is 1. The van der Waals surface area contributed by atoms with Crippen LogP contribution in [0, 0.1) is 0 Å². The molecule has 1 N–H and O–H groups in total. The summed E-state index contributed by atoms with van der Waals surface area (Å²) in [6, 6.07) is 14.1. The predicted octanol–water partition coefficient (Wildman–Crippen LogP) is 3.77. The smallest absolute Gasteiger partial charge is 0.160 e. The van der Waals surface area contributed by atoms with Crippen LogP contribution in [0.3, 0.4) is 0 Å². The van der Waals surface area contributed by atoms with Gasteiger partial charge in [0.1, 0.15) is 11.8 Å². The second-order valence-electron chi connectivity index (χ2n) is 5.93. The summed E-state index contributed by atoms with van der Waals surface area (Å²) >= 11 is 1.83. The molecule has 1 aromatic carbocycles. The van der Waals surface area contributed by atoms with Crippen molar-refractivity contribution in [2.24, 2.45) is 4.99 Å². The van der Waals surface area contributed by atoms with Gasteiger partial charge in [0.05, 0.1) is 11.7 Å². The maximum Gasteiger partial charge on any atom is 0.160 e. The second kappa shape index (κ2) is 5.89. The molecule has 4 rings (SSSR count). The van der Waals surface area contributed by atoms with Crippen LogP contribution in [0.2, 0.25) is 0 Å². The van der Waals surface area contributed by atoms with Gasteiger partial charge in [-0.25, -0.2) is 0 Å². The van der Waals surface area contributed by atoms with E-state index < -0.39 is 0 Å². The molecule has 4 nitrogen and oxygen atoms in total. The molecule has 3 unspecified atom stereocenters. The minimum atomic E-state index is -0.0187. The first kappa shape index (κ1) is 14.6. The van der Waals surface area contributed by atoms with E-state index >= 15 is 0 Å². The van der Waals surface area contributed by atoms with Crippen molar-refractivity contribution < 1.29 is 5.11 Å². The van der Waals surface area contributed by atoms with Crippen molar-refractivity contribution in [1.82, 2.24) is 9.88 Å². The minimum Gasteiger partial charge on any atom is -0.508 e. The molecule has 23 heavy (non-hydrogen) atoms. The molecule has 2 aromatic rings. The Bertz CT molecular complexity index is 734. The highest BCUT2D eigenvalue weighted by Gasteiger charge is 2.45. The summed E-state index contributed by atoms with van der Waals surface area (Å²) in [5, 5.41) is 11.0. The van der Waals surface area contributed by atoms with Gasteiger partial charge in [-0.15, -0.1) is 0 Å². The summed E-state index contributed by atoms with van der Waals surface area (Å²) in [4.78, 5) is 11.9. The fourth-order valence-corrected chi connectivity index (χ4v) is 4.76. The Hall–Kier alpha value is -2.01. The average Bonchev–Trinajstić information content (AvgIpc) is 3.14. The van der Waals surface area contributed by atoms with Crippen LogP contribution in [0.25, 0.3) is 0 Å². The number of aromatic nitrogens is 1. The number of phenols is 1. The number of amidine groups is 1. The van der Waals surface area contributed by atoms with Gasteiger partial charge < -0.3 is 10.0 Å². The first-order valence-corrected chi connectivity index (χ1v) is 8.95. The first-order chi connectivity index (χ1) is 11.3. The Morgan fingerprint density at radius 3 is 2.91 bits per heavy atom. The molecule has 3 heterocycles. The third kappa shape index (κ3) is 2.49. The Kier molecular flexibility index (Phi) is 3.73. The van der Waals surface area contributed by atoms with E-state index in [1.54, 1.807) is 6.07 Å². The van der Waals surface area contributed by atoms with E-state index in [0.717, 1.165) is 28.6 Å². The quantitative estimate of drug-likeness (QED) is 0.933. The lowest BCUT2D eigenvalue weighted by Gasteiger charge is -2.31. The van der Waals surface area contributed by atoms with Crippen LogP contribution >= 0.6 is 11.8 Å². The lowest BCUT2D eigenvalue weighted by molar-refractivity contribution is 0.255. The van der Waals surface area contributed by atoms with Crippen LogP contribution in [0.4, 0.5) is 0 Å². The number of phenolic OH excluding ortho intramolecular Hbond substituents is 1. The molecule has 0 saturated carbocycles. The largest absolute Gasteiger partial charge is 0.508 e. The average molecular weight is 325 g/mol. The third-order valence-electron chi connectivity index (χ3n) is 4.54. The van der Waals surface area contributed by atoms with E-state index in [1.807, 2.05) is 48.3 Å². The predicted molar refractivity (Wildman–Crippen MR) is 93.6 cm³/mol. The molecule has 1 fully saturated rings. The zero-order valence-corrected chi connectivity index (χ0v) is 13.8. The second-order valence-corrected chi connectivity index (χ2v) is 6.92. The van der Waals surface area contributed by atoms with Gasteiger partial charge >= 0.3 is 0 Å². The standard InChI is InChI=1S/C18H19N3OS/c1-2-13-11-23-18-20-16(15-8-3-4-9-19-15)17(21(13)18)12-6-5-7-14(22)10-12/h3-10,13,16-17,22H,2,11H2,1H3. The number of thioether (sulfide) groups is 1. The van der Waals surface area contributed by atoms with Crippen molar-refractivity contribution in [3.63, 3.8) is 0 Å². The third-order valence-corrected chi connectivity index (χ3v) is 5.67. The minimum absolute atomic E-state index is 0.0187. The number of hydrogen-bond acceptors (Lipinski definition) is 5. The number of benzene rings is 1. The van der Waals surface area contributed by atoms with Crippen LogP contribution in [-0.2, 0) is 0 Å². The highest BCUT2D eigenvalue weighted by molar-refractivity contribution is 8.14. The van der Waals surface area contributed by atoms with Crippen molar-refractivity contribution in [3.8, 4) is 5.75 Å². The van der Waals surface area contributed by atoms with Crippen LogP contribution in [0.1, 0.15) is 36.7 Å². The molecule has 0 amide bonds. The number of nitrogens with zero attached hydrogens (tertiary/aromatic N) is 3. The summed E-state index contributed by atoms with van der Waals surface area (Å²) in [7, 11) is 0. The summed E-state index contributed by atoms with van der Waals surface area (Å²) in [5.74, 6) is 1.38. The fourth-order valence-electron chi connectivity index (χ4n) is 3.42. The van der Waals surface area contributed by atoms with E-state index in [4.69, 9.17) is 4.99 Å². The van der Waals surface area contributed by atoms with Crippen molar-refractivity contribution in [2.45, 2.75) is 31.5 Å². The van der Waals surface area contributed by atoms with Gasteiger partial charge in [-0.05, 0) is 36.2 Å². The van der Waals surface area contributed by atoms with Crippen LogP contribution < -0.4 is 0 Å². The zero-order valence-electron chi connectivity index (χ0n) is 13.0. The molecule has 2 aliphatic rings. The molecule has 1 aromatic heterocycles. The van der Waals surface area contributed by atoms with E-state index in [1.165, 1.54) is 0 Å². The molecule has 0 bridgehead atoms. The molecule has 0 radical (unpaired) electrons. The topological polar surface area (TPSA) is 48.7 Å². The summed E-state index contributed by atoms with van der Waals surface area (Å²) in [6.07, 6.45) is 2.92. The maximum absolute atomic E-state index is 9.92. The number of rotatable bonds is 3. The Balaban J connectivity index is 1.80. The summed E-state index contributed by atoms with van der Waals surface area (Å²) < 4.78 is 0. The monoisotopic (exact) mass is 325 g/mol. The normalized spacial score (nSPS) is 26.2. The molecule has 1 saturated heterocycles. The van der Waals surface area contributed by atoms with E-state index in [0.29, 0.717) is 11.8 Å². The van der Waals surface area contributed by atoms with Gasteiger partial charge in [0.2, 0.25) is 0 Å². The van der Waals surface area contributed by atoms with Crippen molar-refractivity contribution in [2.75, 3.05) is 5.75 Å².